The van der Waals surface area contributed by atoms with Gasteiger partial charge in [0.05, 0.1) is 6.42 Å². The first-order valence-corrected chi connectivity index (χ1v) is 11.7. The zero-order valence-electron chi connectivity index (χ0n) is 19.1. The van der Waals surface area contributed by atoms with Crippen molar-refractivity contribution in [2.75, 3.05) is 6.61 Å². The molecule has 0 heterocycles. The molecule has 0 aromatic heterocycles. The van der Waals surface area contributed by atoms with Crippen LogP contribution in [0.2, 0.25) is 0 Å². The predicted octanol–water partition coefficient (Wildman–Crippen LogP) is 4.31. The minimum Gasteiger partial charge on any atom is -0.481 e. The van der Waals surface area contributed by atoms with E-state index in [1.165, 1.54) is 0 Å². The fourth-order valence-electron chi connectivity index (χ4n) is 5.12. The Morgan fingerprint density at radius 3 is 2.23 bits per heavy atom. The standard InChI is InChI=1S/C26H28F2N2O5/c27-25(28)22(13-23(31)29-16-10-9-15(11-16)12-24(32)33)30-26(34)35-14-21-19-7-3-1-5-17(19)18-6-2-4-8-20(18)21/h1-8,15-16,21-22,25H,9-14H2,(H,29,31)(H,30,34)(H,32,33). The van der Waals surface area contributed by atoms with Crippen LogP contribution in [-0.4, -0.2) is 48.2 Å². The Balaban J connectivity index is 1.30. The third kappa shape index (κ3) is 5.96. The Morgan fingerprint density at radius 1 is 1.00 bits per heavy atom. The first-order chi connectivity index (χ1) is 16.8. The molecule has 2 aromatic carbocycles. The highest BCUT2D eigenvalue weighted by Crippen LogP contribution is 2.44. The summed E-state index contributed by atoms with van der Waals surface area (Å²) in [5.74, 6) is -1.76. The summed E-state index contributed by atoms with van der Waals surface area (Å²) in [5.41, 5.74) is 4.11. The van der Waals surface area contributed by atoms with Crippen LogP contribution in [0.1, 0.15) is 49.1 Å². The predicted molar refractivity (Wildman–Crippen MR) is 124 cm³/mol. The van der Waals surface area contributed by atoms with E-state index in [1.807, 2.05) is 48.5 Å². The fraction of sp³-hybridized carbons (Fsp3) is 0.423. The quantitative estimate of drug-likeness (QED) is 0.490. The smallest absolute Gasteiger partial charge is 0.407 e. The van der Waals surface area contributed by atoms with Gasteiger partial charge >= 0.3 is 12.1 Å². The Labute approximate surface area is 201 Å². The molecule has 3 N–H and O–H groups in total. The topological polar surface area (TPSA) is 105 Å². The number of hydrogen-bond donors (Lipinski definition) is 3. The number of rotatable bonds is 9. The van der Waals surface area contributed by atoms with Crippen LogP contribution in [0.3, 0.4) is 0 Å². The van der Waals surface area contributed by atoms with Crippen molar-refractivity contribution >= 4 is 18.0 Å². The Kier molecular flexibility index (Phi) is 7.63. The number of carboxylic acids is 1. The second-order valence-corrected chi connectivity index (χ2v) is 9.16. The number of carbonyl (C=O) groups is 3. The van der Waals surface area contributed by atoms with Crippen LogP contribution in [0, 0.1) is 5.92 Å². The summed E-state index contributed by atoms with van der Waals surface area (Å²) in [4.78, 5) is 35.5. The number of carbonyl (C=O) groups excluding carboxylic acids is 2. The summed E-state index contributed by atoms with van der Waals surface area (Å²) in [7, 11) is 0. The van der Waals surface area contributed by atoms with Gasteiger partial charge in [0.1, 0.15) is 12.6 Å². The molecule has 4 rings (SSSR count). The van der Waals surface area contributed by atoms with E-state index in [0.717, 1.165) is 22.3 Å². The number of carboxylic acid groups (broad SMARTS) is 1. The molecule has 2 aliphatic rings. The largest absolute Gasteiger partial charge is 0.481 e. The summed E-state index contributed by atoms with van der Waals surface area (Å²) in [6, 6.07) is 13.6. The van der Waals surface area contributed by atoms with Gasteiger partial charge in [0, 0.05) is 18.4 Å². The summed E-state index contributed by atoms with van der Waals surface area (Å²) in [6.45, 7) is -0.0188. The van der Waals surface area contributed by atoms with Crippen molar-refractivity contribution in [1.29, 1.82) is 0 Å². The van der Waals surface area contributed by atoms with E-state index in [0.29, 0.717) is 19.3 Å². The summed E-state index contributed by atoms with van der Waals surface area (Å²) in [6.07, 6.45) is -2.78. The van der Waals surface area contributed by atoms with Gasteiger partial charge in [-0.1, -0.05) is 48.5 Å². The molecule has 1 fully saturated rings. The maximum atomic E-state index is 13.6. The molecule has 7 nitrogen and oxygen atoms in total. The summed E-state index contributed by atoms with van der Waals surface area (Å²) >= 11 is 0. The van der Waals surface area contributed by atoms with Gasteiger partial charge in [-0.15, -0.1) is 0 Å². The van der Waals surface area contributed by atoms with Crippen molar-refractivity contribution < 1.29 is 33.0 Å². The van der Waals surface area contributed by atoms with Crippen molar-refractivity contribution in [2.24, 2.45) is 5.92 Å². The highest BCUT2D eigenvalue weighted by atomic mass is 19.3. The van der Waals surface area contributed by atoms with Crippen LogP contribution in [0.4, 0.5) is 13.6 Å². The molecule has 0 bridgehead atoms. The summed E-state index contributed by atoms with van der Waals surface area (Å²) in [5, 5.41) is 13.7. The average molecular weight is 487 g/mol. The van der Waals surface area contributed by atoms with Crippen LogP contribution >= 0.6 is 0 Å². The lowest BCUT2D eigenvalue weighted by Gasteiger charge is -2.20. The zero-order valence-corrected chi connectivity index (χ0v) is 19.1. The molecule has 3 atom stereocenters. The molecule has 9 heteroatoms. The molecule has 2 amide bonds. The number of nitrogens with one attached hydrogen (secondary N) is 2. The lowest BCUT2D eigenvalue weighted by Crippen LogP contribution is -2.45. The molecule has 2 aromatic rings. The van der Waals surface area contributed by atoms with Crippen molar-refractivity contribution in [1.82, 2.24) is 10.6 Å². The maximum absolute atomic E-state index is 13.6. The maximum Gasteiger partial charge on any atom is 0.407 e. The molecule has 0 spiro atoms. The number of benzene rings is 2. The van der Waals surface area contributed by atoms with Gasteiger partial charge in [0.25, 0.3) is 6.43 Å². The molecule has 3 unspecified atom stereocenters. The molecule has 1 saturated carbocycles. The van der Waals surface area contributed by atoms with Gasteiger partial charge < -0.3 is 20.5 Å². The van der Waals surface area contributed by atoms with E-state index in [2.05, 4.69) is 10.6 Å². The van der Waals surface area contributed by atoms with Gasteiger partial charge in [0.2, 0.25) is 5.91 Å². The monoisotopic (exact) mass is 486 g/mol. The lowest BCUT2D eigenvalue weighted by atomic mass is 9.98. The van der Waals surface area contributed by atoms with Gasteiger partial charge in [-0.05, 0) is 47.4 Å². The Morgan fingerprint density at radius 2 is 1.63 bits per heavy atom. The molecule has 186 valence electrons. The summed E-state index contributed by atoms with van der Waals surface area (Å²) < 4.78 is 32.4. The SMILES string of the molecule is O=C(O)CC1CCC(NC(=O)CC(NC(=O)OCC2c3ccccc3-c3ccccc32)C(F)F)C1. The van der Waals surface area contributed by atoms with Crippen LogP contribution in [0.25, 0.3) is 11.1 Å². The molecule has 0 saturated heterocycles. The number of fused-ring (bicyclic) bond motifs is 3. The van der Waals surface area contributed by atoms with E-state index in [9.17, 15) is 23.2 Å². The molecule has 2 aliphatic carbocycles. The van der Waals surface area contributed by atoms with E-state index in [1.54, 1.807) is 0 Å². The highest BCUT2D eigenvalue weighted by molar-refractivity contribution is 5.80. The second-order valence-electron chi connectivity index (χ2n) is 9.16. The van der Waals surface area contributed by atoms with Crippen molar-refractivity contribution in [3.63, 3.8) is 0 Å². The van der Waals surface area contributed by atoms with Crippen LogP contribution in [-0.2, 0) is 14.3 Å². The van der Waals surface area contributed by atoms with Gasteiger partial charge in [-0.3, -0.25) is 9.59 Å². The van der Waals surface area contributed by atoms with E-state index in [4.69, 9.17) is 9.84 Å². The number of ether oxygens (including phenoxy) is 1. The van der Waals surface area contributed by atoms with E-state index < -0.39 is 36.9 Å². The number of amides is 2. The van der Waals surface area contributed by atoms with Crippen LogP contribution in [0.15, 0.2) is 48.5 Å². The molecule has 0 radical (unpaired) electrons. The van der Waals surface area contributed by atoms with Crippen molar-refractivity contribution in [3.8, 4) is 11.1 Å². The van der Waals surface area contributed by atoms with E-state index in [-0.39, 0.29) is 30.9 Å². The average Bonchev–Trinajstić information content (AvgIpc) is 3.38. The molecule has 35 heavy (non-hydrogen) atoms. The first kappa shape index (κ1) is 24.6. The third-order valence-corrected chi connectivity index (χ3v) is 6.73. The van der Waals surface area contributed by atoms with Crippen LogP contribution < -0.4 is 10.6 Å². The van der Waals surface area contributed by atoms with Gasteiger partial charge in [-0.2, -0.15) is 0 Å². The molecular weight excluding hydrogens is 458 g/mol. The van der Waals surface area contributed by atoms with E-state index >= 15 is 0 Å². The minimum atomic E-state index is -2.95. The molecular formula is C26H28F2N2O5. The number of hydrogen-bond acceptors (Lipinski definition) is 4. The first-order valence-electron chi connectivity index (χ1n) is 11.7. The van der Waals surface area contributed by atoms with Gasteiger partial charge in [-0.25, -0.2) is 13.6 Å². The molecule has 0 aliphatic heterocycles. The third-order valence-electron chi connectivity index (χ3n) is 6.73. The Hall–Kier alpha value is -3.49. The number of alkyl carbamates (subject to hydrolysis) is 1. The normalized spacial score (nSPS) is 19.6. The number of halogens is 2. The fourth-order valence-corrected chi connectivity index (χ4v) is 5.12. The zero-order chi connectivity index (χ0) is 24.9. The lowest BCUT2D eigenvalue weighted by molar-refractivity contribution is -0.138. The van der Waals surface area contributed by atoms with Crippen molar-refractivity contribution in [2.45, 2.75) is 56.5 Å². The Bertz CT molecular complexity index is 1050. The minimum absolute atomic E-state index is 0.0188. The second kappa shape index (κ2) is 10.8. The number of aliphatic carboxylic acids is 1. The van der Waals surface area contributed by atoms with Gasteiger partial charge in [0.15, 0.2) is 0 Å². The number of alkyl halides is 2. The van der Waals surface area contributed by atoms with Crippen LogP contribution in [0.5, 0.6) is 0 Å². The van der Waals surface area contributed by atoms with Crippen molar-refractivity contribution in [3.05, 3.63) is 59.7 Å². The highest BCUT2D eigenvalue weighted by Gasteiger charge is 2.32.